The number of ether oxygens (including phenoxy) is 4. The van der Waals surface area contributed by atoms with Gasteiger partial charge in [-0.3, -0.25) is 4.79 Å². The zero-order chi connectivity index (χ0) is 70.1. The summed E-state index contributed by atoms with van der Waals surface area (Å²) >= 11 is 0. The number of unbranched alkanes of at least 4 members (excludes halogenated alkanes) is 42. The lowest BCUT2D eigenvalue weighted by atomic mass is 9.97. The first-order valence-electron chi connectivity index (χ1n) is 40.3. The van der Waals surface area contributed by atoms with Crippen LogP contribution in [0, 0.1) is 0 Å². The number of rotatable bonds is 67. The normalized spacial score (nSPS) is 22.6. The number of carbonyl (C=O) groups is 1. The third-order valence-corrected chi connectivity index (χ3v) is 19.3. The van der Waals surface area contributed by atoms with E-state index >= 15 is 0 Å². The maximum absolute atomic E-state index is 13.4. The summed E-state index contributed by atoms with van der Waals surface area (Å²) in [5.74, 6) is -0.244. The van der Waals surface area contributed by atoms with Crippen LogP contribution in [0.4, 0.5) is 0 Å². The Morgan fingerprint density at radius 1 is 0.381 bits per heavy atom. The highest BCUT2D eigenvalue weighted by Crippen LogP contribution is 2.30. The first-order valence-corrected chi connectivity index (χ1v) is 40.3. The maximum atomic E-state index is 13.4. The monoisotopic (exact) mass is 1370 g/mol. The molecule has 0 aromatic heterocycles. The van der Waals surface area contributed by atoms with Crippen LogP contribution in [0.15, 0.2) is 85.1 Å². The van der Waals surface area contributed by atoms with Crippen molar-refractivity contribution in [1.82, 2.24) is 5.32 Å². The molecule has 14 nitrogen and oxygen atoms in total. The standard InChI is InChI=1S/C83H149NO13/c1-3-5-7-9-11-13-15-17-19-21-23-25-27-28-29-30-31-32-33-34-35-36-37-38-39-40-41-42-43-44-45-47-49-51-53-55-57-59-61-63-65-67-75(88)84-71(70-94-82-80(93)78(91)81(74(69-86)96-82)97-83-79(92)77(90)76(89)73(68-85)95-83)72(87)66-64-62-60-58-56-54-52-50-48-46-26-24-22-20-18-16-14-12-10-8-6-4-2/h5,7,11,13,17,19,23,25,28-29,56,58,64,66,71-74,76-83,85-87,89-93H,3-4,6,8-10,12,14-16,18,20-22,24,26-27,30-55,57,59-63,65,67-70H2,1-2H3,(H,84,88)/b7-5-,13-11-,19-17-,25-23-,29-28-,58-56+,66-64+. The van der Waals surface area contributed by atoms with E-state index < -0.39 is 86.8 Å². The number of aliphatic hydroxyl groups is 8. The lowest BCUT2D eigenvalue weighted by Gasteiger charge is -2.46. The average Bonchev–Trinajstić information content (AvgIpc) is 0.794. The van der Waals surface area contributed by atoms with Gasteiger partial charge in [0.1, 0.15) is 48.8 Å². The molecule has 0 spiro atoms. The predicted molar refractivity (Wildman–Crippen MR) is 401 cm³/mol. The Bertz CT molecular complexity index is 1950. The molecular formula is C83H149NO13. The molecule has 2 aliphatic heterocycles. The topological polar surface area (TPSA) is 228 Å². The van der Waals surface area contributed by atoms with Gasteiger partial charge < -0.3 is 65.1 Å². The quantitative estimate of drug-likeness (QED) is 0.0204. The highest BCUT2D eigenvalue weighted by atomic mass is 16.7. The van der Waals surface area contributed by atoms with Crippen molar-refractivity contribution >= 4 is 5.91 Å². The lowest BCUT2D eigenvalue weighted by Crippen LogP contribution is -2.65. The minimum absolute atomic E-state index is 0.244. The summed E-state index contributed by atoms with van der Waals surface area (Å²) in [6.07, 6.45) is 76.8. The number of nitrogens with one attached hydrogen (secondary N) is 1. The van der Waals surface area contributed by atoms with Crippen molar-refractivity contribution in [2.24, 2.45) is 0 Å². The van der Waals surface area contributed by atoms with Gasteiger partial charge in [0.2, 0.25) is 5.91 Å². The number of hydrogen-bond donors (Lipinski definition) is 9. The number of carbonyl (C=O) groups excluding carboxylic acids is 1. The summed E-state index contributed by atoms with van der Waals surface area (Å²) in [7, 11) is 0. The largest absolute Gasteiger partial charge is 0.394 e. The molecule has 2 fully saturated rings. The fourth-order valence-corrected chi connectivity index (χ4v) is 13.0. The molecule has 0 aromatic rings. The smallest absolute Gasteiger partial charge is 0.220 e. The summed E-state index contributed by atoms with van der Waals surface area (Å²) in [5, 5.41) is 87.6. The van der Waals surface area contributed by atoms with E-state index in [1.165, 1.54) is 244 Å². The van der Waals surface area contributed by atoms with Crippen LogP contribution >= 0.6 is 0 Å². The first kappa shape index (κ1) is 90.3. The van der Waals surface area contributed by atoms with Crippen molar-refractivity contribution in [2.75, 3.05) is 19.8 Å². The van der Waals surface area contributed by atoms with Crippen LogP contribution in [0.1, 0.15) is 341 Å². The molecule has 0 saturated carbocycles. The van der Waals surface area contributed by atoms with Crippen LogP contribution in [0.25, 0.3) is 0 Å². The molecule has 12 unspecified atom stereocenters. The van der Waals surface area contributed by atoms with Gasteiger partial charge in [-0.05, 0) is 77.0 Å². The summed E-state index contributed by atoms with van der Waals surface area (Å²) in [5.41, 5.74) is 0. The molecule has 0 bridgehead atoms. The summed E-state index contributed by atoms with van der Waals surface area (Å²) < 4.78 is 22.9. The minimum Gasteiger partial charge on any atom is -0.394 e. The SMILES string of the molecule is CC/C=C\C/C=C\C/C=C\C/C=C\C/C=C\CCCCCCCCCCCCCCCCCCCCCCCCCCCC(=O)NC(COC1OC(CO)C(OC2OC(CO)C(O)C(O)C2O)C(O)C1O)C(O)/C=C/CC/C=C/CCCCCCCCCCCCCCCCCC. The molecule has 14 heteroatoms. The molecule has 0 radical (unpaired) electrons. The molecule has 12 atom stereocenters. The Morgan fingerprint density at radius 3 is 1.13 bits per heavy atom. The molecule has 0 aliphatic carbocycles. The van der Waals surface area contributed by atoms with Crippen LogP contribution in [-0.4, -0.2) is 140 Å². The van der Waals surface area contributed by atoms with E-state index in [9.17, 15) is 45.6 Å². The van der Waals surface area contributed by atoms with Crippen molar-refractivity contribution in [3.05, 3.63) is 85.1 Å². The Kier molecular flexibility index (Phi) is 61.8. The molecule has 1 amide bonds. The molecule has 2 aliphatic rings. The second kappa shape index (κ2) is 66.4. The molecule has 2 heterocycles. The molecular weight excluding hydrogens is 1220 g/mol. The van der Waals surface area contributed by atoms with E-state index in [2.05, 4.69) is 92.1 Å². The van der Waals surface area contributed by atoms with Crippen molar-refractivity contribution in [2.45, 2.75) is 415 Å². The second-order valence-corrected chi connectivity index (χ2v) is 28.2. The molecule has 97 heavy (non-hydrogen) atoms. The average molecular weight is 1370 g/mol. The number of allylic oxidation sites excluding steroid dienone is 13. The van der Waals surface area contributed by atoms with E-state index in [-0.39, 0.29) is 18.9 Å². The van der Waals surface area contributed by atoms with Crippen LogP contribution in [0.5, 0.6) is 0 Å². The van der Waals surface area contributed by atoms with Gasteiger partial charge in [0.25, 0.3) is 0 Å². The highest BCUT2D eigenvalue weighted by molar-refractivity contribution is 5.76. The molecule has 0 aromatic carbocycles. The number of aliphatic hydroxyl groups excluding tert-OH is 8. The Morgan fingerprint density at radius 2 is 0.722 bits per heavy atom. The van der Waals surface area contributed by atoms with Crippen LogP contribution in [0.2, 0.25) is 0 Å². The van der Waals surface area contributed by atoms with E-state index in [4.69, 9.17) is 18.9 Å². The zero-order valence-electron chi connectivity index (χ0n) is 61.8. The van der Waals surface area contributed by atoms with E-state index in [0.717, 1.165) is 64.2 Å². The van der Waals surface area contributed by atoms with E-state index in [0.29, 0.717) is 12.8 Å². The van der Waals surface area contributed by atoms with Gasteiger partial charge in [0.05, 0.1) is 32.0 Å². The molecule has 2 rings (SSSR count). The summed E-state index contributed by atoms with van der Waals surface area (Å²) in [6, 6.07) is -0.934. The highest BCUT2D eigenvalue weighted by Gasteiger charge is 2.51. The third kappa shape index (κ3) is 49.4. The molecule has 9 N–H and O–H groups in total. The van der Waals surface area contributed by atoms with Crippen molar-refractivity contribution in [3.63, 3.8) is 0 Å². The molecule has 564 valence electrons. The van der Waals surface area contributed by atoms with Gasteiger partial charge in [-0.1, -0.05) is 343 Å². The van der Waals surface area contributed by atoms with Crippen molar-refractivity contribution in [1.29, 1.82) is 0 Å². The van der Waals surface area contributed by atoms with Crippen LogP contribution in [-0.2, 0) is 23.7 Å². The Labute approximate surface area is 592 Å². The van der Waals surface area contributed by atoms with Gasteiger partial charge in [0.15, 0.2) is 12.6 Å². The van der Waals surface area contributed by atoms with Crippen LogP contribution in [0.3, 0.4) is 0 Å². The summed E-state index contributed by atoms with van der Waals surface area (Å²) in [4.78, 5) is 13.4. The lowest BCUT2D eigenvalue weighted by molar-refractivity contribution is -0.359. The number of amides is 1. The zero-order valence-corrected chi connectivity index (χ0v) is 61.8. The van der Waals surface area contributed by atoms with Gasteiger partial charge in [-0.2, -0.15) is 0 Å². The van der Waals surface area contributed by atoms with Gasteiger partial charge in [-0.15, -0.1) is 0 Å². The predicted octanol–water partition coefficient (Wildman–Crippen LogP) is 18.3. The minimum atomic E-state index is -1.79. The Hall–Kier alpha value is -2.83. The third-order valence-electron chi connectivity index (χ3n) is 19.3. The second-order valence-electron chi connectivity index (χ2n) is 28.2. The van der Waals surface area contributed by atoms with Gasteiger partial charge in [-0.25, -0.2) is 0 Å². The molecule has 2 saturated heterocycles. The summed E-state index contributed by atoms with van der Waals surface area (Å²) in [6.45, 7) is 2.71. The van der Waals surface area contributed by atoms with Gasteiger partial charge >= 0.3 is 0 Å². The maximum Gasteiger partial charge on any atom is 0.220 e. The van der Waals surface area contributed by atoms with E-state index in [1.54, 1.807) is 6.08 Å². The fourth-order valence-electron chi connectivity index (χ4n) is 13.0. The van der Waals surface area contributed by atoms with Crippen LogP contribution < -0.4 is 5.32 Å². The first-order chi connectivity index (χ1) is 47.6. The Balaban J connectivity index is 1.57. The van der Waals surface area contributed by atoms with Gasteiger partial charge in [0, 0.05) is 6.42 Å². The fraction of sp³-hybridized carbons (Fsp3) is 0.819. The van der Waals surface area contributed by atoms with E-state index in [1.807, 2.05) is 6.08 Å². The number of hydrogen-bond acceptors (Lipinski definition) is 13. The van der Waals surface area contributed by atoms with Crippen molar-refractivity contribution in [3.8, 4) is 0 Å². The van der Waals surface area contributed by atoms with Crippen molar-refractivity contribution < 1.29 is 64.6 Å².